The van der Waals surface area contributed by atoms with Gasteiger partial charge < -0.3 is 19.8 Å². The number of aliphatic hydroxyl groups is 1. The summed E-state index contributed by atoms with van der Waals surface area (Å²) in [6.45, 7) is 6.39. The Bertz CT molecular complexity index is 1280. The Hall–Kier alpha value is -2.64. The molecule has 7 heteroatoms. The van der Waals surface area contributed by atoms with E-state index in [0.29, 0.717) is 37.1 Å². The van der Waals surface area contributed by atoms with Crippen LogP contribution < -0.4 is 4.74 Å². The normalized spacial score (nSPS) is 35.2. The highest BCUT2D eigenvalue weighted by Crippen LogP contribution is 2.63. The minimum absolute atomic E-state index is 0.0756. The van der Waals surface area contributed by atoms with E-state index >= 15 is 0 Å². The summed E-state index contributed by atoms with van der Waals surface area (Å²) in [6.07, 6.45) is 3.84. The minimum atomic E-state index is -1.06. The molecule has 5 atom stereocenters. The van der Waals surface area contributed by atoms with Gasteiger partial charge >= 0.3 is 0 Å². The number of ether oxygens (including phenoxy) is 1. The second kappa shape index (κ2) is 7.45. The fourth-order valence-corrected chi connectivity index (χ4v) is 7.97. The van der Waals surface area contributed by atoms with Crippen LogP contribution in [0, 0.1) is 18.7 Å². The molecule has 0 unspecified atom stereocenters. The van der Waals surface area contributed by atoms with Gasteiger partial charge in [0.15, 0.2) is 11.5 Å². The van der Waals surface area contributed by atoms with Crippen LogP contribution in [0.5, 0.6) is 11.5 Å². The lowest BCUT2D eigenvalue weighted by atomic mass is 9.51. The van der Waals surface area contributed by atoms with E-state index in [9.17, 15) is 19.4 Å². The maximum atomic E-state index is 14.0. The predicted octanol–water partition coefficient (Wildman–Crippen LogP) is 3.89. The zero-order valence-electron chi connectivity index (χ0n) is 20.8. The maximum absolute atomic E-state index is 14.0. The van der Waals surface area contributed by atoms with Crippen LogP contribution in [0.3, 0.4) is 0 Å². The van der Waals surface area contributed by atoms with Crippen molar-refractivity contribution in [3.8, 4) is 11.5 Å². The molecule has 2 aromatic carbocycles. The smallest absolute Gasteiger partial charge is 0.254 e. The van der Waals surface area contributed by atoms with Crippen LogP contribution in [0.25, 0.3) is 0 Å². The SMILES string of the molecule is Cc1ccc(O)c2c1[C@]13CCN(CC4CC4)[C@H](C)[C@]1(O)CC[C@@H](N1Cc4ccc(F)cc4C1=O)[C@@H]3O2. The highest BCUT2D eigenvalue weighted by molar-refractivity contribution is 5.98. The number of carbonyl (C=O) groups excluding carboxylic acids is 1. The van der Waals surface area contributed by atoms with E-state index < -0.39 is 22.9 Å². The number of hydrogen-bond donors (Lipinski definition) is 2. The molecule has 1 amide bonds. The van der Waals surface area contributed by atoms with E-state index in [1.165, 1.54) is 25.0 Å². The molecule has 2 saturated carbocycles. The van der Waals surface area contributed by atoms with Crippen LogP contribution in [0.15, 0.2) is 30.3 Å². The summed E-state index contributed by atoms with van der Waals surface area (Å²) in [6, 6.07) is 7.61. The fraction of sp³-hybridized carbons (Fsp3) is 0.552. The number of rotatable bonds is 3. The Kier molecular flexibility index (Phi) is 4.67. The van der Waals surface area contributed by atoms with Gasteiger partial charge in [0.2, 0.25) is 0 Å². The summed E-state index contributed by atoms with van der Waals surface area (Å²) >= 11 is 0. The van der Waals surface area contributed by atoms with E-state index in [4.69, 9.17) is 4.74 Å². The molecule has 0 radical (unpaired) electrons. The van der Waals surface area contributed by atoms with Crippen LogP contribution in [0.1, 0.15) is 66.1 Å². The van der Waals surface area contributed by atoms with Gasteiger partial charge in [0.1, 0.15) is 11.9 Å². The summed E-state index contributed by atoms with van der Waals surface area (Å²) in [5.41, 5.74) is 1.31. The summed E-state index contributed by atoms with van der Waals surface area (Å²) in [7, 11) is 0. The Labute approximate surface area is 210 Å². The maximum Gasteiger partial charge on any atom is 0.254 e. The van der Waals surface area contributed by atoms with Gasteiger partial charge in [-0.3, -0.25) is 9.69 Å². The summed E-state index contributed by atoms with van der Waals surface area (Å²) < 4.78 is 20.6. The van der Waals surface area contributed by atoms with Crippen molar-refractivity contribution in [3.05, 3.63) is 58.4 Å². The van der Waals surface area contributed by atoms with E-state index in [1.54, 1.807) is 12.1 Å². The van der Waals surface area contributed by atoms with Crippen molar-refractivity contribution in [2.24, 2.45) is 5.92 Å². The van der Waals surface area contributed by atoms with E-state index in [0.717, 1.165) is 35.7 Å². The quantitative estimate of drug-likeness (QED) is 0.680. The molecule has 1 saturated heterocycles. The number of phenols is 1. The average Bonchev–Trinajstić information content (AvgIpc) is 3.52. The molecule has 0 bridgehead atoms. The first-order valence-corrected chi connectivity index (χ1v) is 13.3. The van der Waals surface area contributed by atoms with E-state index in [2.05, 4.69) is 11.8 Å². The number of nitrogens with zero attached hydrogens (tertiary/aromatic N) is 2. The number of aryl methyl sites for hydroxylation is 1. The number of phenolic OH excluding ortho intramolecular Hbond substituents is 1. The predicted molar refractivity (Wildman–Crippen MR) is 132 cm³/mol. The molecular weight excluding hydrogens is 459 g/mol. The van der Waals surface area contributed by atoms with Gasteiger partial charge in [-0.15, -0.1) is 0 Å². The third kappa shape index (κ3) is 2.81. The topological polar surface area (TPSA) is 73.2 Å². The second-order valence-electron chi connectivity index (χ2n) is 11.7. The second-order valence-corrected chi connectivity index (χ2v) is 11.7. The van der Waals surface area contributed by atoms with Gasteiger partial charge in [0.25, 0.3) is 5.91 Å². The van der Waals surface area contributed by atoms with Gasteiger partial charge in [0, 0.05) is 30.3 Å². The number of halogens is 1. The number of fused-ring (bicyclic) bond motifs is 2. The fourth-order valence-electron chi connectivity index (χ4n) is 7.97. The van der Waals surface area contributed by atoms with Crippen molar-refractivity contribution < 1.29 is 24.1 Å². The summed E-state index contributed by atoms with van der Waals surface area (Å²) in [4.78, 5) is 17.8. The molecular formula is C29H33FN2O4. The molecule has 7 rings (SSSR count). The lowest BCUT2D eigenvalue weighted by Crippen LogP contribution is -2.75. The summed E-state index contributed by atoms with van der Waals surface area (Å²) in [5.74, 6) is 0.640. The highest BCUT2D eigenvalue weighted by Gasteiger charge is 2.71. The standard InChI is InChI=1S/C29H33FN2O4/c1-16-3-8-23(33)25-24(16)28-11-12-31(14-18-4-5-18)17(2)29(28,35)10-9-22(26(28)36-25)32-15-19-6-7-20(30)13-21(19)27(32)34/h3,6-8,13,17-18,22,26,33,35H,4-5,9-12,14-15H2,1-2H3/t17-,22-,26+,28+,29-/m1/s1. The molecule has 6 nitrogen and oxygen atoms in total. The van der Waals surface area contributed by atoms with Crippen LogP contribution in [0.4, 0.5) is 4.39 Å². The molecule has 190 valence electrons. The molecule has 3 heterocycles. The first-order chi connectivity index (χ1) is 17.2. The highest BCUT2D eigenvalue weighted by atomic mass is 19.1. The molecule has 2 aromatic rings. The molecule has 1 spiro atoms. The van der Waals surface area contributed by atoms with Crippen molar-refractivity contribution in [1.82, 2.24) is 9.80 Å². The number of amides is 1. The molecule has 2 aliphatic carbocycles. The van der Waals surface area contributed by atoms with Gasteiger partial charge in [-0.2, -0.15) is 0 Å². The van der Waals surface area contributed by atoms with Crippen LogP contribution >= 0.6 is 0 Å². The first-order valence-electron chi connectivity index (χ1n) is 13.3. The number of hydrogen-bond acceptors (Lipinski definition) is 5. The van der Waals surface area contributed by atoms with Gasteiger partial charge in [-0.05, 0) is 87.7 Å². The largest absolute Gasteiger partial charge is 0.504 e. The monoisotopic (exact) mass is 492 g/mol. The minimum Gasteiger partial charge on any atom is -0.504 e. The summed E-state index contributed by atoms with van der Waals surface area (Å²) in [5, 5.41) is 23.5. The van der Waals surface area contributed by atoms with Crippen molar-refractivity contribution in [2.45, 2.75) is 81.7 Å². The Morgan fingerprint density at radius 3 is 2.75 bits per heavy atom. The third-order valence-electron chi connectivity index (χ3n) is 9.99. The van der Waals surface area contributed by atoms with Crippen molar-refractivity contribution >= 4 is 5.91 Å². The van der Waals surface area contributed by atoms with Crippen LogP contribution in [-0.4, -0.2) is 62.8 Å². The third-order valence-corrected chi connectivity index (χ3v) is 9.99. The Morgan fingerprint density at radius 2 is 1.97 bits per heavy atom. The molecule has 2 N–H and O–H groups in total. The van der Waals surface area contributed by atoms with Crippen molar-refractivity contribution in [2.75, 3.05) is 13.1 Å². The van der Waals surface area contributed by atoms with Gasteiger partial charge in [-0.25, -0.2) is 4.39 Å². The molecule has 36 heavy (non-hydrogen) atoms. The van der Waals surface area contributed by atoms with Crippen molar-refractivity contribution in [3.63, 3.8) is 0 Å². The van der Waals surface area contributed by atoms with Gasteiger partial charge in [-0.1, -0.05) is 12.1 Å². The lowest BCUT2D eigenvalue weighted by Gasteiger charge is -2.62. The first kappa shape index (κ1) is 22.5. The average molecular weight is 493 g/mol. The number of aromatic hydroxyl groups is 1. The number of carbonyl (C=O) groups is 1. The number of likely N-dealkylation sites (tertiary alicyclic amines) is 1. The zero-order valence-corrected chi connectivity index (χ0v) is 20.8. The van der Waals surface area contributed by atoms with Crippen LogP contribution in [0.2, 0.25) is 0 Å². The molecule has 0 aromatic heterocycles. The lowest BCUT2D eigenvalue weighted by molar-refractivity contribution is -0.189. The van der Waals surface area contributed by atoms with E-state index in [1.807, 2.05) is 17.9 Å². The Morgan fingerprint density at radius 1 is 1.17 bits per heavy atom. The van der Waals surface area contributed by atoms with Gasteiger partial charge in [0.05, 0.1) is 17.1 Å². The van der Waals surface area contributed by atoms with E-state index in [-0.39, 0.29) is 23.7 Å². The zero-order chi connectivity index (χ0) is 25.0. The molecule has 3 aliphatic heterocycles. The Balaban J connectivity index is 1.34. The number of piperidine rings is 1. The van der Waals surface area contributed by atoms with Crippen LogP contribution in [-0.2, 0) is 12.0 Å². The van der Waals surface area contributed by atoms with Crippen molar-refractivity contribution in [1.29, 1.82) is 0 Å². The molecule has 3 fully saturated rings. The number of benzene rings is 2. The molecule has 5 aliphatic rings.